The summed E-state index contributed by atoms with van der Waals surface area (Å²) in [5, 5.41) is 3.05. The Morgan fingerprint density at radius 2 is 2.07 bits per heavy atom. The summed E-state index contributed by atoms with van der Waals surface area (Å²) in [5.74, 6) is 0. The highest BCUT2D eigenvalue weighted by molar-refractivity contribution is 7.89. The van der Waals surface area contributed by atoms with Crippen LogP contribution in [0.5, 0.6) is 0 Å². The predicted octanol–water partition coefficient (Wildman–Crippen LogP) is 1.04. The van der Waals surface area contributed by atoms with E-state index in [0.717, 1.165) is 5.56 Å². The van der Waals surface area contributed by atoms with Gasteiger partial charge in [0, 0.05) is 0 Å². The molecule has 0 aromatic heterocycles. The van der Waals surface area contributed by atoms with Crippen molar-refractivity contribution < 1.29 is 8.42 Å². The Hall–Kier alpha value is -1.07. The average molecular weight is 212 g/mol. The van der Waals surface area contributed by atoms with E-state index in [-0.39, 0.29) is 6.17 Å². The van der Waals surface area contributed by atoms with Crippen LogP contribution in [0.1, 0.15) is 12.5 Å². The zero-order chi connectivity index (χ0) is 10.3. The summed E-state index contributed by atoms with van der Waals surface area (Å²) in [7, 11) is -3.33. The van der Waals surface area contributed by atoms with Crippen molar-refractivity contribution in [2.24, 2.45) is 0 Å². The number of fused-ring (bicyclic) bond motifs is 1. The molecule has 1 unspecified atom stereocenters. The van der Waals surface area contributed by atoms with Gasteiger partial charge in [-0.2, -0.15) is 4.72 Å². The molecule has 2 rings (SSSR count). The van der Waals surface area contributed by atoms with E-state index in [1.807, 2.05) is 13.0 Å². The van der Waals surface area contributed by atoms with Crippen molar-refractivity contribution in [3.05, 3.63) is 23.8 Å². The van der Waals surface area contributed by atoms with E-state index in [4.69, 9.17) is 0 Å². The van der Waals surface area contributed by atoms with Gasteiger partial charge in [-0.3, -0.25) is 0 Å². The highest BCUT2D eigenvalue weighted by Gasteiger charge is 2.26. The molecule has 0 aliphatic carbocycles. The Labute approximate surface area is 83.4 Å². The van der Waals surface area contributed by atoms with E-state index in [1.54, 1.807) is 19.1 Å². The molecule has 76 valence electrons. The fourth-order valence-electron chi connectivity index (χ4n) is 1.53. The molecule has 1 aliphatic rings. The summed E-state index contributed by atoms with van der Waals surface area (Å²) < 4.78 is 25.9. The second kappa shape index (κ2) is 2.96. The molecule has 1 heterocycles. The quantitative estimate of drug-likeness (QED) is 0.675. The SMILES string of the molecule is Cc1ccc2c(c1)S(=O)(=O)NC(C)N2. The first-order valence-electron chi connectivity index (χ1n) is 4.38. The van der Waals surface area contributed by atoms with E-state index >= 15 is 0 Å². The molecular weight excluding hydrogens is 200 g/mol. The molecule has 4 nitrogen and oxygen atoms in total. The number of nitrogens with one attached hydrogen (secondary N) is 2. The lowest BCUT2D eigenvalue weighted by Crippen LogP contribution is -2.42. The van der Waals surface area contributed by atoms with Crippen molar-refractivity contribution in [2.75, 3.05) is 5.32 Å². The molecule has 1 aromatic carbocycles. The monoisotopic (exact) mass is 212 g/mol. The van der Waals surface area contributed by atoms with Gasteiger partial charge in [0.2, 0.25) is 10.0 Å². The molecule has 0 spiro atoms. The number of hydrogen-bond acceptors (Lipinski definition) is 3. The van der Waals surface area contributed by atoms with E-state index in [0.29, 0.717) is 10.6 Å². The number of aryl methyl sites for hydroxylation is 1. The average Bonchev–Trinajstić information content (AvgIpc) is 2.05. The minimum Gasteiger partial charge on any atom is -0.368 e. The number of rotatable bonds is 0. The molecule has 0 bridgehead atoms. The zero-order valence-corrected chi connectivity index (χ0v) is 8.85. The summed E-state index contributed by atoms with van der Waals surface area (Å²) in [6.07, 6.45) is -0.254. The molecule has 0 amide bonds. The van der Waals surface area contributed by atoms with Gasteiger partial charge in [-0.1, -0.05) is 6.07 Å². The van der Waals surface area contributed by atoms with Crippen LogP contribution < -0.4 is 10.0 Å². The normalized spacial score (nSPS) is 23.7. The molecule has 14 heavy (non-hydrogen) atoms. The lowest BCUT2D eigenvalue weighted by Gasteiger charge is -2.25. The van der Waals surface area contributed by atoms with Crippen LogP contribution in [0, 0.1) is 6.92 Å². The Morgan fingerprint density at radius 3 is 2.79 bits per heavy atom. The highest BCUT2D eigenvalue weighted by Crippen LogP contribution is 2.26. The highest BCUT2D eigenvalue weighted by atomic mass is 32.2. The Bertz CT molecular complexity index is 468. The topological polar surface area (TPSA) is 58.2 Å². The van der Waals surface area contributed by atoms with Gasteiger partial charge in [-0.05, 0) is 31.5 Å². The smallest absolute Gasteiger partial charge is 0.244 e. The maximum Gasteiger partial charge on any atom is 0.244 e. The number of benzene rings is 1. The second-order valence-corrected chi connectivity index (χ2v) is 5.17. The molecule has 0 saturated carbocycles. The van der Waals surface area contributed by atoms with Crippen LogP contribution in [0.4, 0.5) is 5.69 Å². The first-order chi connectivity index (χ1) is 6.49. The van der Waals surface area contributed by atoms with Crippen LogP contribution in [0.15, 0.2) is 23.1 Å². The third kappa shape index (κ3) is 1.49. The van der Waals surface area contributed by atoms with E-state index in [9.17, 15) is 8.42 Å². The van der Waals surface area contributed by atoms with Gasteiger partial charge < -0.3 is 5.32 Å². The number of anilines is 1. The molecule has 0 saturated heterocycles. The predicted molar refractivity (Wildman–Crippen MR) is 54.6 cm³/mol. The van der Waals surface area contributed by atoms with Crippen molar-refractivity contribution in [2.45, 2.75) is 24.9 Å². The lowest BCUT2D eigenvalue weighted by molar-refractivity contribution is 0.565. The lowest BCUT2D eigenvalue weighted by atomic mass is 10.2. The summed E-state index contributed by atoms with van der Waals surface area (Å²) in [4.78, 5) is 0.329. The minimum absolute atomic E-state index is 0.254. The largest absolute Gasteiger partial charge is 0.368 e. The molecule has 1 atom stereocenters. The summed E-state index contributed by atoms with van der Waals surface area (Å²) in [5.41, 5.74) is 1.60. The standard InChI is InChI=1S/C9H12N2O2S/c1-6-3-4-8-9(5-6)14(12,13)11-7(2)10-8/h3-5,7,10-11H,1-2H3. The van der Waals surface area contributed by atoms with Crippen LogP contribution in [-0.2, 0) is 10.0 Å². The first-order valence-corrected chi connectivity index (χ1v) is 5.87. The van der Waals surface area contributed by atoms with Crippen LogP contribution in [0.3, 0.4) is 0 Å². The van der Waals surface area contributed by atoms with Crippen molar-refractivity contribution in [1.29, 1.82) is 0 Å². The Balaban J connectivity index is 2.65. The van der Waals surface area contributed by atoms with Crippen LogP contribution in [-0.4, -0.2) is 14.6 Å². The van der Waals surface area contributed by atoms with Crippen molar-refractivity contribution in [3.8, 4) is 0 Å². The summed E-state index contributed by atoms with van der Waals surface area (Å²) >= 11 is 0. The summed E-state index contributed by atoms with van der Waals surface area (Å²) in [6.45, 7) is 3.63. The Morgan fingerprint density at radius 1 is 1.36 bits per heavy atom. The molecule has 1 aliphatic heterocycles. The third-order valence-electron chi connectivity index (χ3n) is 2.13. The number of sulfonamides is 1. The molecular formula is C9H12N2O2S. The molecule has 1 aromatic rings. The molecule has 2 N–H and O–H groups in total. The molecule has 5 heteroatoms. The molecule has 0 fully saturated rings. The van der Waals surface area contributed by atoms with Gasteiger partial charge in [0.05, 0.1) is 11.9 Å². The van der Waals surface area contributed by atoms with Crippen molar-refractivity contribution in [3.63, 3.8) is 0 Å². The first kappa shape index (κ1) is 9.48. The van der Waals surface area contributed by atoms with Crippen LogP contribution >= 0.6 is 0 Å². The summed E-state index contributed by atoms with van der Waals surface area (Å²) in [6, 6.07) is 5.34. The van der Waals surface area contributed by atoms with E-state index < -0.39 is 10.0 Å². The van der Waals surface area contributed by atoms with E-state index in [1.165, 1.54) is 0 Å². The van der Waals surface area contributed by atoms with Gasteiger partial charge in [0.15, 0.2) is 0 Å². The van der Waals surface area contributed by atoms with Gasteiger partial charge in [-0.25, -0.2) is 8.42 Å². The molecule has 0 radical (unpaired) electrons. The second-order valence-electron chi connectivity index (χ2n) is 3.49. The minimum atomic E-state index is -3.33. The fraction of sp³-hybridized carbons (Fsp3) is 0.333. The van der Waals surface area contributed by atoms with Crippen LogP contribution in [0.25, 0.3) is 0 Å². The Kier molecular flexibility index (Phi) is 2.01. The number of hydrogen-bond donors (Lipinski definition) is 2. The van der Waals surface area contributed by atoms with Gasteiger partial charge in [0.1, 0.15) is 4.90 Å². The maximum atomic E-state index is 11.7. The maximum absolute atomic E-state index is 11.7. The zero-order valence-electron chi connectivity index (χ0n) is 8.03. The van der Waals surface area contributed by atoms with Crippen LogP contribution in [0.2, 0.25) is 0 Å². The van der Waals surface area contributed by atoms with Crippen molar-refractivity contribution in [1.82, 2.24) is 4.72 Å². The van der Waals surface area contributed by atoms with E-state index in [2.05, 4.69) is 10.0 Å². The third-order valence-corrected chi connectivity index (χ3v) is 3.71. The van der Waals surface area contributed by atoms with Gasteiger partial charge in [-0.15, -0.1) is 0 Å². The fourth-order valence-corrected chi connectivity index (χ4v) is 2.94. The van der Waals surface area contributed by atoms with Gasteiger partial charge >= 0.3 is 0 Å². The van der Waals surface area contributed by atoms with Gasteiger partial charge in [0.25, 0.3) is 0 Å². The van der Waals surface area contributed by atoms with Crippen molar-refractivity contribution >= 4 is 15.7 Å².